The summed E-state index contributed by atoms with van der Waals surface area (Å²) in [5.74, 6) is 0.504. The molecule has 2 aromatic heterocycles. The van der Waals surface area contributed by atoms with Gasteiger partial charge in [0.1, 0.15) is 23.5 Å². The summed E-state index contributed by atoms with van der Waals surface area (Å²) < 4.78 is -0.250. The van der Waals surface area contributed by atoms with Crippen molar-refractivity contribution in [3.05, 3.63) is 28.2 Å². The van der Waals surface area contributed by atoms with Gasteiger partial charge in [-0.3, -0.25) is 14.9 Å². The fourth-order valence-corrected chi connectivity index (χ4v) is 6.54. The second-order valence-electron chi connectivity index (χ2n) is 7.11. The largest absolute Gasteiger partial charge is 0.314 e. The highest BCUT2D eigenvalue weighted by atomic mass is 32.2. The summed E-state index contributed by atoms with van der Waals surface area (Å²) in [6.45, 7) is 4.54. The minimum absolute atomic E-state index is 0.0337. The molecule has 9 nitrogen and oxygen atoms in total. The quantitative estimate of drug-likeness (QED) is 0.734. The number of rotatable bonds is 3. The van der Waals surface area contributed by atoms with Gasteiger partial charge in [0.05, 0.1) is 6.67 Å². The first-order valence-electron chi connectivity index (χ1n) is 8.30. The zero-order valence-electron chi connectivity index (χ0n) is 14.1. The summed E-state index contributed by atoms with van der Waals surface area (Å²) in [4.78, 5) is 30.3. The molecule has 2 aromatic rings. The van der Waals surface area contributed by atoms with E-state index in [1.54, 1.807) is 28.0 Å². The molecule has 3 fully saturated rings. The molecule has 0 saturated carbocycles. The smallest absolute Gasteiger partial charge is 0.250 e. The molecule has 2 N–H and O–H groups in total. The molecule has 0 aliphatic carbocycles. The van der Waals surface area contributed by atoms with Crippen molar-refractivity contribution in [3.8, 4) is 0 Å². The minimum Gasteiger partial charge on any atom is -0.314 e. The lowest BCUT2D eigenvalue weighted by Gasteiger charge is -2.47. The van der Waals surface area contributed by atoms with Gasteiger partial charge in [-0.05, 0) is 35.7 Å². The topological polar surface area (TPSA) is 107 Å². The third kappa shape index (κ3) is 2.10. The van der Waals surface area contributed by atoms with E-state index in [4.69, 9.17) is 0 Å². The van der Waals surface area contributed by atoms with Crippen LogP contribution in [0, 0.1) is 0 Å². The van der Waals surface area contributed by atoms with E-state index in [1.807, 2.05) is 22.4 Å². The first kappa shape index (κ1) is 16.2. The second kappa shape index (κ2) is 5.51. The van der Waals surface area contributed by atoms with Crippen LogP contribution in [0.1, 0.15) is 36.6 Å². The van der Waals surface area contributed by atoms with Crippen molar-refractivity contribution >= 4 is 34.9 Å². The van der Waals surface area contributed by atoms with E-state index in [0.717, 1.165) is 4.88 Å². The Kier molecular flexibility index (Phi) is 3.43. The van der Waals surface area contributed by atoms with E-state index in [9.17, 15) is 9.59 Å². The standard InChI is InChI=1S/C15H17N7O2S2/c1-15(2)10(11-17-19-20-18-11)22-13(24)9(14(22)26-15)21-6-16-8(12(21)23)7-4-3-5-25-7/h3-5,8-10,14,16H,6H2,1-2H3,(H,17,18,19,20)/t8?,9?,10?,14-/m0/s1. The number of hydrogen-bond donors (Lipinski definition) is 2. The summed E-state index contributed by atoms with van der Waals surface area (Å²) in [5.41, 5.74) is 0. The highest BCUT2D eigenvalue weighted by Crippen LogP contribution is 2.57. The average Bonchev–Trinajstić information content (AvgIpc) is 3.36. The van der Waals surface area contributed by atoms with Crippen LogP contribution in [0.15, 0.2) is 17.5 Å². The molecular formula is C15H17N7O2S2. The zero-order valence-corrected chi connectivity index (χ0v) is 15.8. The van der Waals surface area contributed by atoms with Crippen LogP contribution < -0.4 is 5.32 Å². The van der Waals surface area contributed by atoms with Crippen LogP contribution in [0.3, 0.4) is 0 Å². The number of H-pyrrole nitrogens is 1. The summed E-state index contributed by atoms with van der Waals surface area (Å²) >= 11 is 3.24. The molecule has 3 unspecified atom stereocenters. The van der Waals surface area contributed by atoms with Crippen LogP contribution >= 0.6 is 23.1 Å². The fraction of sp³-hybridized carbons (Fsp3) is 0.533. The van der Waals surface area contributed by atoms with E-state index in [2.05, 4.69) is 39.8 Å². The number of carbonyl (C=O) groups excluding carboxylic acids is 2. The van der Waals surface area contributed by atoms with Gasteiger partial charge in [0.25, 0.3) is 0 Å². The van der Waals surface area contributed by atoms with Crippen LogP contribution in [0.2, 0.25) is 0 Å². The number of hydrogen-bond acceptors (Lipinski definition) is 8. The Hall–Kier alpha value is -1.98. The Morgan fingerprint density at radius 1 is 1.31 bits per heavy atom. The Morgan fingerprint density at radius 2 is 2.15 bits per heavy atom. The van der Waals surface area contributed by atoms with Crippen molar-refractivity contribution < 1.29 is 9.59 Å². The summed E-state index contributed by atoms with van der Waals surface area (Å²) in [6.07, 6.45) is 0. The SMILES string of the molecule is CC1(C)S[C@H]2C(N3CNC(c4cccs4)C3=O)C(=O)N2C1c1nnn[nH]1. The first-order valence-corrected chi connectivity index (χ1v) is 10.1. The van der Waals surface area contributed by atoms with Gasteiger partial charge < -0.3 is 9.80 Å². The summed E-state index contributed by atoms with van der Waals surface area (Å²) in [6, 6.07) is 2.85. The lowest BCUT2D eigenvalue weighted by molar-refractivity contribution is -0.161. The molecule has 136 valence electrons. The molecule has 0 bridgehead atoms. The number of tetrazole rings is 1. The van der Waals surface area contributed by atoms with Gasteiger partial charge in [0.2, 0.25) is 11.8 Å². The van der Waals surface area contributed by atoms with Crippen LogP contribution in [0.5, 0.6) is 0 Å². The molecule has 0 aromatic carbocycles. The summed E-state index contributed by atoms with van der Waals surface area (Å²) in [5, 5.41) is 19.2. The Morgan fingerprint density at radius 3 is 2.85 bits per heavy atom. The zero-order chi connectivity index (χ0) is 18.1. The van der Waals surface area contributed by atoms with Crippen LogP contribution in [0.4, 0.5) is 0 Å². The number of carbonyl (C=O) groups is 2. The third-order valence-corrected chi connectivity index (χ3v) is 7.69. The Bertz CT molecular complexity index is 853. The number of thiophene rings is 1. The van der Waals surface area contributed by atoms with E-state index in [0.29, 0.717) is 12.5 Å². The highest BCUT2D eigenvalue weighted by molar-refractivity contribution is 8.01. The highest BCUT2D eigenvalue weighted by Gasteiger charge is 2.65. The number of aromatic nitrogens is 4. The molecule has 3 saturated heterocycles. The third-order valence-electron chi connectivity index (χ3n) is 5.19. The maximum atomic E-state index is 13.0. The molecule has 5 heterocycles. The molecule has 0 radical (unpaired) electrons. The normalized spacial score (nSPS) is 32.8. The van der Waals surface area contributed by atoms with Crippen LogP contribution in [0.25, 0.3) is 0 Å². The van der Waals surface area contributed by atoms with Gasteiger partial charge >= 0.3 is 0 Å². The first-order chi connectivity index (χ1) is 12.5. The predicted octanol–water partition coefficient (Wildman–Crippen LogP) is 0.495. The number of thioether (sulfide) groups is 1. The van der Waals surface area contributed by atoms with Gasteiger partial charge in [-0.25, -0.2) is 5.10 Å². The van der Waals surface area contributed by atoms with Crippen LogP contribution in [-0.2, 0) is 9.59 Å². The Labute approximate surface area is 157 Å². The van der Waals surface area contributed by atoms with Crippen molar-refractivity contribution in [1.29, 1.82) is 0 Å². The molecule has 0 spiro atoms. The number of fused-ring (bicyclic) bond motifs is 1. The van der Waals surface area contributed by atoms with E-state index in [1.165, 1.54) is 0 Å². The van der Waals surface area contributed by atoms with Gasteiger partial charge in [0, 0.05) is 9.62 Å². The molecule has 3 aliphatic heterocycles. The van der Waals surface area contributed by atoms with Crippen molar-refractivity contribution in [3.63, 3.8) is 0 Å². The van der Waals surface area contributed by atoms with Gasteiger partial charge in [0.15, 0.2) is 5.82 Å². The molecule has 3 aliphatic rings. The van der Waals surface area contributed by atoms with Gasteiger partial charge in [-0.15, -0.1) is 28.2 Å². The number of aromatic amines is 1. The maximum Gasteiger partial charge on any atom is 0.250 e. The number of amides is 2. The molecule has 26 heavy (non-hydrogen) atoms. The van der Waals surface area contributed by atoms with Crippen molar-refractivity contribution in [1.82, 2.24) is 35.7 Å². The van der Waals surface area contributed by atoms with Gasteiger partial charge in [-0.1, -0.05) is 6.07 Å². The van der Waals surface area contributed by atoms with Crippen LogP contribution in [-0.4, -0.2) is 65.1 Å². The van der Waals surface area contributed by atoms with Crippen molar-refractivity contribution in [2.75, 3.05) is 6.67 Å². The van der Waals surface area contributed by atoms with E-state index < -0.39 is 6.04 Å². The maximum absolute atomic E-state index is 13.0. The Balaban J connectivity index is 1.40. The van der Waals surface area contributed by atoms with E-state index >= 15 is 0 Å². The predicted molar refractivity (Wildman–Crippen MR) is 94.9 cm³/mol. The molecule has 5 rings (SSSR count). The van der Waals surface area contributed by atoms with Crippen molar-refractivity contribution in [2.24, 2.45) is 0 Å². The van der Waals surface area contributed by atoms with Crippen molar-refractivity contribution in [2.45, 2.75) is 42.1 Å². The van der Waals surface area contributed by atoms with Gasteiger partial charge in [-0.2, -0.15) is 0 Å². The average molecular weight is 391 g/mol. The number of β-lactam (4-membered cyclic amide) rings is 1. The molecule has 4 atom stereocenters. The molecule has 2 amide bonds. The number of nitrogens with zero attached hydrogens (tertiary/aromatic N) is 5. The van der Waals surface area contributed by atoms with E-state index in [-0.39, 0.29) is 34.0 Å². The fourth-order valence-electron chi connectivity index (χ4n) is 4.04. The minimum atomic E-state index is -0.440. The summed E-state index contributed by atoms with van der Waals surface area (Å²) in [7, 11) is 0. The monoisotopic (exact) mass is 391 g/mol. The second-order valence-corrected chi connectivity index (χ2v) is 9.86. The number of nitrogens with one attached hydrogen (secondary N) is 2. The lowest BCUT2D eigenvalue weighted by atomic mass is 9.94. The lowest BCUT2D eigenvalue weighted by Crippen LogP contribution is -2.68. The molecular weight excluding hydrogens is 374 g/mol. The molecule has 11 heteroatoms.